The Kier molecular flexibility index (Phi) is 3.26. The van der Waals surface area contributed by atoms with Gasteiger partial charge in [0.05, 0.1) is 25.2 Å². The van der Waals surface area contributed by atoms with E-state index < -0.39 is 0 Å². The molecule has 1 aromatic rings. The summed E-state index contributed by atoms with van der Waals surface area (Å²) >= 11 is 3.49. The molecular weight excluding hydrogens is 263 g/mol. The molecule has 0 saturated carbocycles. The predicted molar refractivity (Wildman–Crippen MR) is 59.1 cm³/mol. The third-order valence-electron chi connectivity index (χ3n) is 2.54. The molecule has 0 aliphatic carbocycles. The second-order valence-corrected chi connectivity index (χ2v) is 4.57. The molecule has 4 heteroatoms. The van der Waals surface area contributed by atoms with Crippen molar-refractivity contribution in [3.8, 4) is 5.75 Å². The van der Waals surface area contributed by atoms with Crippen molar-refractivity contribution in [1.29, 1.82) is 0 Å². The minimum Gasteiger partial charge on any atom is -0.497 e. The molecular formula is C11H12BrFO2. The predicted octanol–water partition coefficient (Wildman–Crippen LogP) is 2.84. The van der Waals surface area contributed by atoms with E-state index in [1.165, 1.54) is 13.2 Å². The molecule has 2 rings (SSSR count). The van der Waals surface area contributed by atoms with Crippen molar-refractivity contribution >= 4 is 15.9 Å². The molecule has 1 atom stereocenters. The topological polar surface area (TPSA) is 18.5 Å². The number of rotatable bonds is 1. The van der Waals surface area contributed by atoms with E-state index in [4.69, 9.17) is 9.47 Å². The number of hydrogen-bond acceptors (Lipinski definition) is 2. The molecule has 1 aliphatic rings. The van der Waals surface area contributed by atoms with Gasteiger partial charge in [-0.15, -0.1) is 0 Å². The van der Waals surface area contributed by atoms with Crippen LogP contribution in [0.3, 0.4) is 0 Å². The van der Waals surface area contributed by atoms with E-state index in [9.17, 15) is 4.39 Å². The first kappa shape index (κ1) is 10.9. The van der Waals surface area contributed by atoms with Crippen LogP contribution < -0.4 is 4.74 Å². The Morgan fingerprint density at radius 2 is 2.33 bits per heavy atom. The van der Waals surface area contributed by atoms with Crippen LogP contribution >= 0.6 is 15.9 Å². The van der Waals surface area contributed by atoms with Gasteiger partial charge < -0.3 is 9.47 Å². The Balaban J connectivity index is 2.50. The molecule has 0 spiro atoms. The van der Waals surface area contributed by atoms with Gasteiger partial charge in [-0.25, -0.2) is 4.39 Å². The van der Waals surface area contributed by atoms with Gasteiger partial charge in [0, 0.05) is 6.07 Å². The number of methoxy groups -OCH3 is 1. The van der Waals surface area contributed by atoms with Gasteiger partial charge in [-0.2, -0.15) is 0 Å². The van der Waals surface area contributed by atoms with E-state index in [0.717, 1.165) is 11.1 Å². The monoisotopic (exact) mass is 274 g/mol. The van der Waals surface area contributed by atoms with Crippen LogP contribution in [-0.2, 0) is 11.2 Å². The molecule has 0 fully saturated rings. The zero-order valence-corrected chi connectivity index (χ0v) is 10.0. The number of benzene rings is 1. The van der Waals surface area contributed by atoms with Crippen LogP contribution in [0.2, 0.25) is 0 Å². The van der Waals surface area contributed by atoms with E-state index in [1.54, 1.807) is 0 Å². The summed E-state index contributed by atoms with van der Waals surface area (Å²) in [6, 6.07) is 3.29. The fourth-order valence-electron chi connectivity index (χ4n) is 1.74. The summed E-state index contributed by atoms with van der Waals surface area (Å²) in [4.78, 5) is 0.0413. The minimum absolute atomic E-state index is 0.0413. The quantitative estimate of drug-likeness (QED) is 0.734. The van der Waals surface area contributed by atoms with E-state index in [-0.39, 0.29) is 10.6 Å². The Morgan fingerprint density at radius 3 is 3.07 bits per heavy atom. The van der Waals surface area contributed by atoms with Gasteiger partial charge in [-0.1, -0.05) is 15.9 Å². The molecule has 1 aromatic carbocycles. The Hall–Kier alpha value is -0.610. The van der Waals surface area contributed by atoms with Crippen LogP contribution in [0.25, 0.3) is 0 Å². The molecule has 0 amide bonds. The van der Waals surface area contributed by atoms with Gasteiger partial charge in [-0.05, 0) is 23.6 Å². The van der Waals surface area contributed by atoms with Gasteiger partial charge in [0.1, 0.15) is 11.6 Å². The lowest BCUT2D eigenvalue weighted by molar-refractivity contribution is 0.145. The second-order valence-electron chi connectivity index (χ2n) is 3.47. The lowest BCUT2D eigenvalue weighted by atomic mass is 10.0. The summed E-state index contributed by atoms with van der Waals surface area (Å²) in [7, 11) is 1.54. The van der Waals surface area contributed by atoms with E-state index >= 15 is 0 Å². The van der Waals surface area contributed by atoms with E-state index in [1.807, 2.05) is 6.07 Å². The highest BCUT2D eigenvalue weighted by molar-refractivity contribution is 9.09. The summed E-state index contributed by atoms with van der Waals surface area (Å²) in [5.41, 5.74) is 1.67. The maximum absolute atomic E-state index is 13.7. The van der Waals surface area contributed by atoms with E-state index in [2.05, 4.69) is 15.9 Å². The number of fused-ring (bicyclic) bond motifs is 1. The Labute approximate surface area is 96.5 Å². The molecule has 0 saturated heterocycles. The van der Waals surface area contributed by atoms with Gasteiger partial charge in [0.15, 0.2) is 0 Å². The molecule has 0 radical (unpaired) electrons. The molecule has 2 nitrogen and oxygen atoms in total. The molecule has 1 heterocycles. The lowest BCUT2D eigenvalue weighted by Crippen LogP contribution is -2.01. The second kappa shape index (κ2) is 4.49. The van der Waals surface area contributed by atoms with Gasteiger partial charge in [-0.3, -0.25) is 0 Å². The molecule has 1 aliphatic heterocycles. The third-order valence-corrected chi connectivity index (χ3v) is 3.29. The molecule has 15 heavy (non-hydrogen) atoms. The molecule has 0 aromatic heterocycles. The van der Waals surface area contributed by atoms with Crippen LogP contribution in [-0.4, -0.2) is 20.3 Å². The molecule has 82 valence electrons. The van der Waals surface area contributed by atoms with Crippen molar-refractivity contribution in [3.05, 3.63) is 29.1 Å². The number of alkyl halides is 1. The first-order chi connectivity index (χ1) is 7.22. The highest BCUT2D eigenvalue weighted by atomic mass is 79.9. The van der Waals surface area contributed by atoms with Crippen molar-refractivity contribution in [2.75, 3.05) is 20.3 Å². The van der Waals surface area contributed by atoms with Gasteiger partial charge in [0.25, 0.3) is 0 Å². The molecule has 1 unspecified atom stereocenters. The maximum Gasteiger partial charge on any atom is 0.130 e. The van der Waals surface area contributed by atoms with Crippen molar-refractivity contribution in [1.82, 2.24) is 0 Å². The summed E-state index contributed by atoms with van der Waals surface area (Å²) < 4.78 is 24.1. The summed E-state index contributed by atoms with van der Waals surface area (Å²) in [5, 5.41) is 0. The third kappa shape index (κ3) is 2.16. The lowest BCUT2D eigenvalue weighted by Gasteiger charge is -2.12. The average molecular weight is 275 g/mol. The highest BCUT2D eigenvalue weighted by Crippen LogP contribution is 2.33. The number of hydrogen-bond donors (Lipinski definition) is 0. The smallest absolute Gasteiger partial charge is 0.130 e. The van der Waals surface area contributed by atoms with Crippen LogP contribution in [0.15, 0.2) is 12.1 Å². The van der Waals surface area contributed by atoms with Crippen LogP contribution in [0.4, 0.5) is 4.39 Å². The minimum atomic E-state index is -0.209. The Bertz CT molecular complexity index is 368. The van der Waals surface area contributed by atoms with Crippen LogP contribution in [0.5, 0.6) is 5.75 Å². The largest absolute Gasteiger partial charge is 0.497 e. The zero-order chi connectivity index (χ0) is 10.8. The number of halogens is 2. The van der Waals surface area contributed by atoms with Gasteiger partial charge in [0.2, 0.25) is 0 Å². The summed E-state index contributed by atoms with van der Waals surface area (Å²) in [5.74, 6) is 0.344. The van der Waals surface area contributed by atoms with Gasteiger partial charge >= 0.3 is 0 Å². The van der Waals surface area contributed by atoms with E-state index in [0.29, 0.717) is 25.4 Å². The first-order valence-electron chi connectivity index (χ1n) is 4.80. The molecule has 0 N–H and O–H groups in total. The Morgan fingerprint density at radius 1 is 1.53 bits per heavy atom. The SMILES string of the molecule is COc1cc(F)c2c(c1)C(Br)COCC2. The first-order valence-corrected chi connectivity index (χ1v) is 5.72. The standard InChI is InChI=1S/C11H12BrFO2/c1-14-7-4-9-8(11(13)5-7)2-3-15-6-10(9)12/h4-5,10H,2-3,6H2,1H3. The maximum atomic E-state index is 13.7. The van der Waals surface area contributed by atoms with Crippen LogP contribution in [0, 0.1) is 5.82 Å². The fraction of sp³-hybridized carbons (Fsp3) is 0.455. The zero-order valence-electron chi connectivity index (χ0n) is 8.43. The normalized spacial score (nSPS) is 20.6. The fourth-order valence-corrected chi connectivity index (χ4v) is 2.34. The van der Waals surface area contributed by atoms with Crippen molar-refractivity contribution in [3.63, 3.8) is 0 Å². The van der Waals surface area contributed by atoms with Crippen molar-refractivity contribution in [2.45, 2.75) is 11.2 Å². The number of ether oxygens (including phenoxy) is 2. The summed E-state index contributed by atoms with van der Waals surface area (Å²) in [6.07, 6.45) is 0.618. The summed E-state index contributed by atoms with van der Waals surface area (Å²) in [6.45, 7) is 1.14. The van der Waals surface area contributed by atoms with Crippen molar-refractivity contribution < 1.29 is 13.9 Å². The van der Waals surface area contributed by atoms with Crippen LogP contribution in [0.1, 0.15) is 16.0 Å². The van der Waals surface area contributed by atoms with Crippen molar-refractivity contribution in [2.24, 2.45) is 0 Å². The highest BCUT2D eigenvalue weighted by Gasteiger charge is 2.20. The molecule has 0 bridgehead atoms. The average Bonchev–Trinajstić information content (AvgIpc) is 2.41.